The number of nitrogens with one attached hydrogen (secondary N) is 1. The molecule has 0 aromatic carbocycles. The number of esters is 1. The molecule has 0 bridgehead atoms. The number of aliphatic carboxylic acids is 1. The predicted octanol–water partition coefficient (Wildman–Crippen LogP) is 0.555. The number of ether oxygens (including phenoxy) is 1. The summed E-state index contributed by atoms with van der Waals surface area (Å²) in [6, 6.07) is -0.926. The zero-order valence-electron chi connectivity index (χ0n) is 10.4. The lowest BCUT2D eigenvalue weighted by Crippen LogP contribution is -2.44. The zero-order valence-corrected chi connectivity index (χ0v) is 10.4. The number of carbonyl (C=O) groups is 3. The SMILES string of the molecule is CCOC(=O)CCC(=O)NC(C(=O)O)C(C)C. The van der Waals surface area contributed by atoms with Gasteiger partial charge in [0.05, 0.1) is 13.0 Å². The Morgan fingerprint density at radius 1 is 1.24 bits per heavy atom. The Kier molecular flexibility index (Phi) is 6.93. The minimum Gasteiger partial charge on any atom is -0.480 e. The lowest BCUT2D eigenvalue weighted by atomic mass is 10.0. The highest BCUT2D eigenvalue weighted by Crippen LogP contribution is 2.03. The number of amides is 1. The van der Waals surface area contributed by atoms with E-state index in [0.29, 0.717) is 0 Å². The van der Waals surface area contributed by atoms with Crippen molar-refractivity contribution in [2.24, 2.45) is 5.92 Å². The normalized spacial score (nSPS) is 12.0. The molecule has 0 aliphatic carbocycles. The summed E-state index contributed by atoms with van der Waals surface area (Å²) in [7, 11) is 0. The van der Waals surface area contributed by atoms with Crippen molar-refractivity contribution in [2.75, 3.05) is 6.61 Å². The average molecular weight is 245 g/mol. The molecular weight excluding hydrogens is 226 g/mol. The molecule has 0 fully saturated rings. The molecule has 0 heterocycles. The van der Waals surface area contributed by atoms with Gasteiger partial charge in [0.15, 0.2) is 0 Å². The molecule has 0 saturated heterocycles. The van der Waals surface area contributed by atoms with Gasteiger partial charge in [-0.1, -0.05) is 13.8 Å². The number of carboxylic acid groups (broad SMARTS) is 1. The predicted molar refractivity (Wildman–Crippen MR) is 60.3 cm³/mol. The van der Waals surface area contributed by atoms with Gasteiger partial charge in [0, 0.05) is 6.42 Å². The van der Waals surface area contributed by atoms with Gasteiger partial charge in [0.2, 0.25) is 5.91 Å². The van der Waals surface area contributed by atoms with E-state index in [2.05, 4.69) is 10.1 Å². The molecule has 1 atom stereocenters. The average Bonchev–Trinajstić information content (AvgIpc) is 2.22. The van der Waals surface area contributed by atoms with Crippen molar-refractivity contribution in [3.63, 3.8) is 0 Å². The smallest absolute Gasteiger partial charge is 0.326 e. The van der Waals surface area contributed by atoms with Crippen LogP contribution in [0.2, 0.25) is 0 Å². The van der Waals surface area contributed by atoms with Crippen LogP contribution in [0.3, 0.4) is 0 Å². The van der Waals surface area contributed by atoms with Crippen molar-refractivity contribution >= 4 is 17.8 Å². The van der Waals surface area contributed by atoms with Crippen molar-refractivity contribution in [2.45, 2.75) is 39.7 Å². The Balaban J connectivity index is 4.07. The highest BCUT2D eigenvalue weighted by molar-refractivity contribution is 5.85. The zero-order chi connectivity index (χ0) is 13.4. The lowest BCUT2D eigenvalue weighted by molar-refractivity contribution is -0.145. The summed E-state index contributed by atoms with van der Waals surface area (Å²) in [6.45, 7) is 5.34. The first-order valence-electron chi connectivity index (χ1n) is 5.56. The summed E-state index contributed by atoms with van der Waals surface area (Å²) < 4.78 is 4.66. The topological polar surface area (TPSA) is 92.7 Å². The van der Waals surface area contributed by atoms with Crippen LogP contribution in [0.4, 0.5) is 0 Å². The first kappa shape index (κ1) is 15.4. The van der Waals surface area contributed by atoms with Crippen LogP contribution in [-0.2, 0) is 19.1 Å². The molecule has 2 N–H and O–H groups in total. The van der Waals surface area contributed by atoms with Gasteiger partial charge in [-0.15, -0.1) is 0 Å². The summed E-state index contributed by atoms with van der Waals surface area (Å²) in [6.07, 6.45) is -0.0978. The van der Waals surface area contributed by atoms with Crippen molar-refractivity contribution in [1.82, 2.24) is 5.32 Å². The lowest BCUT2D eigenvalue weighted by Gasteiger charge is -2.17. The molecule has 0 aliphatic rings. The Morgan fingerprint density at radius 2 is 1.82 bits per heavy atom. The molecule has 0 radical (unpaired) electrons. The van der Waals surface area contributed by atoms with Crippen molar-refractivity contribution < 1.29 is 24.2 Å². The van der Waals surface area contributed by atoms with Gasteiger partial charge in [-0.05, 0) is 12.8 Å². The van der Waals surface area contributed by atoms with Crippen LogP contribution in [0.25, 0.3) is 0 Å². The second-order valence-corrected chi connectivity index (χ2v) is 3.93. The number of rotatable bonds is 7. The number of carboxylic acids is 1. The summed E-state index contributed by atoms with van der Waals surface area (Å²) in [5.74, 6) is -2.21. The van der Waals surface area contributed by atoms with Gasteiger partial charge < -0.3 is 15.2 Å². The second kappa shape index (κ2) is 7.65. The van der Waals surface area contributed by atoms with Gasteiger partial charge in [-0.2, -0.15) is 0 Å². The van der Waals surface area contributed by atoms with Crippen LogP contribution in [-0.4, -0.2) is 35.6 Å². The molecule has 0 aromatic heterocycles. The van der Waals surface area contributed by atoms with E-state index >= 15 is 0 Å². The Bertz CT molecular complexity index is 288. The van der Waals surface area contributed by atoms with Crippen LogP contribution in [0.1, 0.15) is 33.6 Å². The standard InChI is InChI=1S/C11H19NO5/c1-4-17-9(14)6-5-8(13)12-10(7(2)3)11(15)16/h7,10H,4-6H2,1-3H3,(H,12,13)(H,15,16). The van der Waals surface area contributed by atoms with Crippen molar-refractivity contribution in [3.8, 4) is 0 Å². The molecule has 0 rings (SSSR count). The number of carbonyl (C=O) groups excluding carboxylic acids is 2. The fourth-order valence-electron chi connectivity index (χ4n) is 1.21. The maximum absolute atomic E-state index is 11.4. The molecule has 0 aliphatic heterocycles. The maximum atomic E-state index is 11.4. The first-order valence-corrected chi connectivity index (χ1v) is 5.56. The minimum absolute atomic E-state index is 0.0376. The monoisotopic (exact) mass is 245 g/mol. The summed E-state index contributed by atoms with van der Waals surface area (Å²) in [4.78, 5) is 33.2. The maximum Gasteiger partial charge on any atom is 0.326 e. The quantitative estimate of drug-likeness (QED) is 0.639. The molecule has 6 heteroatoms. The number of hydrogen-bond acceptors (Lipinski definition) is 4. The Labute approximate surface area is 100 Å². The minimum atomic E-state index is -1.08. The molecule has 1 unspecified atom stereocenters. The van der Waals surface area contributed by atoms with Gasteiger partial charge >= 0.3 is 11.9 Å². The largest absolute Gasteiger partial charge is 0.480 e. The van der Waals surface area contributed by atoms with Crippen molar-refractivity contribution in [3.05, 3.63) is 0 Å². The molecule has 17 heavy (non-hydrogen) atoms. The molecular formula is C11H19NO5. The third-order valence-electron chi connectivity index (χ3n) is 2.11. The summed E-state index contributed by atoms with van der Waals surface area (Å²) in [5, 5.41) is 11.2. The van der Waals surface area contributed by atoms with E-state index < -0.39 is 23.9 Å². The number of hydrogen-bond donors (Lipinski definition) is 2. The van der Waals surface area contributed by atoms with E-state index in [1.807, 2.05) is 0 Å². The van der Waals surface area contributed by atoms with Gasteiger partial charge in [-0.3, -0.25) is 9.59 Å². The van der Waals surface area contributed by atoms with E-state index in [1.54, 1.807) is 20.8 Å². The fourth-order valence-corrected chi connectivity index (χ4v) is 1.21. The van der Waals surface area contributed by atoms with Gasteiger partial charge in [0.25, 0.3) is 0 Å². The molecule has 6 nitrogen and oxygen atoms in total. The van der Waals surface area contributed by atoms with Crippen LogP contribution in [0.15, 0.2) is 0 Å². The Morgan fingerprint density at radius 3 is 2.24 bits per heavy atom. The summed E-state index contributed by atoms with van der Waals surface area (Å²) >= 11 is 0. The highest BCUT2D eigenvalue weighted by atomic mass is 16.5. The third-order valence-corrected chi connectivity index (χ3v) is 2.11. The fraction of sp³-hybridized carbons (Fsp3) is 0.727. The van der Waals surface area contributed by atoms with Crippen LogP contribution >= 0.6 is 0 Å². The van der Waals surface area contributed by atoms with Crippen LogP contribution in [0, 0.1) is 5.92 Å². The second-order valence-electron chi connectivity index (χ2n) is 3.93. The Hall–Kier alpha value is -1.59. The molecule has 1 amide bonds. The van der Waals surface area contributed by atoms with Gasteiger partial charge in [0.1, 0.15) is 6.04 Å². The molecule has 0 aromatic rings. The van der Waals surface area contributed by atoms with E-state index in [-0.39, 0.29) is 25.4 Å². The van der Waals surface area contributed by atoms with Crippen molar-refractivity contribution in [1.29, 1.82) is 0 Å². The highest BCUT2D eigenvalue weighted by Gasteiger charge is 2.23. The molecule has 0 saturated carbocycles. The summed E-state index contributed by atoms with van der Waals surface area (Å²) in [5.41, 5.74) is 0. The van der Waals surface area contributed by atoms with Crippen LogP contribution in [0.5, 0.6) is 0 Å². The third kappa shape index (κ3) is 6.55. The van der Waals surface area contributed by atoms with E-state index in [4.69, 9.17) is 5.11 Å². The van der Waals surface area contributed by atoms with Crippen LogP contribution < -0.4 is 5.32 Å². The van der Waals surface area contributed by atoms with E-state index in [0.717, 1.165) is 0 Å². The van der Waals surface area contributed by atoms with E-state index in [9.17, 15) is 14.4 Å². The molecule has 0 spiro atoms. The van der Waals surface area contributed by atoms with E-state index in [1.165, 1.54) is 0 Å². The molecule has 98 valence electrons. The first-order chi connectivity index (χ1) is 7.88. The van der Waals surface area contributed by atoms with Gasteiger partial charge in [-0.25, -0.2) is 4.79 Å².